The minimum Gasteiger partial charge on any atom is -0.488 e. The van der Waals surface area contributed by atoms with E-state index in [-0.39, 0.29) is 24.2 Å². The predicted octanol–water partition coefficient (Wildman–Crippen LogP) is 1.97. The first-order valence-electron chi connectivity index (χ1n) is 6.02. The molecule has 4 heteroatoms. The Kier molecular flexibility index (Phi) is 4.73. The standard InChI is InChI=1S/C14H21NO3/c1-10(9-16)15-13(17)11-5-7-12(8-6-11)18-14(2,3)4/h5-8,10,16H,9H2,1-4H3,(H,15,17). The fraction of sp³-hybridized carbons (Fsp3) is 0.500. The van der Waals surface area contributed by atoms with Gasteiger partial charge in [-0.3, -0.25) is 4.79 Å². The van der Waals surface area contributed by atoms with Gasteiger partial charge in [-0.2, -0.15) is 0 Å². The molecule has 0 bridgehead atoms. The molecule has 18 heavy (non-hydrogen) atoms. The van der Waals surface area contributed by atoms with Crippen LogP contribution in [0, 0.1) is 0 Å². The molecule has 0 heterocycles. The molecule has 0 saturated heterocycles. The van der Waals surface area contributed by atoms with Crippen molar-refractivity contribution in [2.24, 2.45) is 0 Å². The highest BCUT2D eigenvalue weighted by Crippen LogP contribution is 2.18. The summed E-state index contributed by atoms with van der Waals surface area (Å²) in [6, 6.07) is 6.71. The van der Waals surface area contributed by atoms with E-state index in [1.54, 1.807) is 31.2 Å². The quantitative estimate of drug-likeness (QED) is 0.860. The molecule has 0 fully saturated rings. The molecule has 0 aromatic heterocycles. The Labute approximate surface area is 108 Å². The monoisotopic (exact) mass is 251 g/mol. The van der Waals surface area contributed by atoms with Crippen LogP contribution in [0.2, 0.25) is 0 Å². The zero-order valence-electron chi connectivity index (χ0n) is 11.4. The van der Waals surface area contributed by atoms with E-state index < -0.39 is 0 Å². The molecule has 0 aliphatic carbocycles. The van der Waals surface area contributed by atoms with Crippen molar-refractivity contribution >= 4 is 5.91 Å². The average molecular weight is 251 g/mol. The number of hydrogen-bond donors (Lipinski definition) is 2. The summed E-state index contributed by atoms with van der Waals surface area (Å²) >= 11 is 0. The van der Waals surface area contributed by atoms with Crippen molar-refractivity contribution < 1.29 is 14.6 Å². The second-order valence-corrected chi connectivity index (χ2v) is 5.30. The van der Waals surface area contributed by atoms with Gasteiger partial charge in [0.25, 0.3) is 5.91 Å². The van der Waals surface area contributed by atoms with E-state index in [1.807, 2.05) is 20.8 Å². The minimum absolute atomic E-state index is 0.0725. The van der Waals surface area contributed by atoms with Gasteiger partial charge >= 0.3 is 0 Å². The fourth-order valence-electron chi connectivity index (χ4n) is 1.38. The van der Waals surface area contributed by atoms with Crippen LogP contribution >= 0.6 is 0 Å². The molecular formula is C14H21NO3. The third-order valence-corrected chi connectivity index (χ3v) is 2.19. The van der Waals surface area contributed by atoms with Gasteiger partial charge in [-0.1, -0.05) is 0 Å². The molecule has 4 nitrogen and oxygen atoms in total. The van der Waals surface area contributed by atoms with Crippen LogP contribution in [-0.4, -0.2) is 29.3 Å². The minimum atomic E-state index is -0.255. The Bertz CT molecular complexity index is 392. The van der Waals surface area contributed by atoms with Crippen LogP contribution in [0.3, 0.4) is 0 Å². The molecular weight excluding hydrogens is 230 g/mol. The molecule has 0 aliphatic rings. The molecule has 1 aromatic rings. The summed E-state index contributed by atoms with van der Waals surface area (Å²) in [6.45, 7) is 7.58. The van der Waals surface area contributed by atoms with E-state index in [0.29, 0.717) is 5.56 Å². The second kappa shape index (κ2) is 5.87. The molecule has 0 aliphatic heterocycles. The van der Waals surface area contributed by atoms with E-state index in [1.165, 1.54) is 0 Å². The Morgan fingerprint density at radius 1 is 1.33 bits per heavy atom. The van der Waals surface area contributed by atoms with E-state index in [2.05, 4.69) is 5.32 Å². The van der Waals surface area contributed by atoms with Crippen molar-refractivity contribution in [3.05, 3.63) is 29.8 Å². The number of amides is 1. The molecule has 1 aromatic carbocycles. The van der Waals surface area contributed by atoms with Crippen molar-refractivity contribution in [3.63, 3.8) is 0 Å². The van der Waals surface area contributed by atoms with Gasteiger partial charge in [0.1, 0.15) is 11.4 Å². The first-order chi connectivity index (χ1) is 8.31. The van der Waals surface area contributed by atoms with Gasteiger partial charge in [0.15, 0.2) is 0 Å². The van der Waals surface area contributed by atoms with E-state index >= 15 is 0 Å². The third-order valence-electron chi connectivity index (χ3n) is 2.19. The lowest BCUT2D eigenvalue weighted by molar-refractivity contribution is 0.0922. The number of aliphatic hydroxyl groups is 1. The molecule has 0 saturated carbocycles. The Hall–Kier alpha value is -1.55. The van der Waals surface area contributed by atoms with Crippen molar-refractivity contribution in [1.29, 1.82) is 0 Å². The van der Waals surface area contributed by atoms with Crippen molar-refractivity contribution in [2.45, 2.75) is 39.3 Å². The predicted molar refractivity (Wildman–Crippen MR) is 70.8 cm³/mol. The van der Waals surface area contributed by atoms with Crippen molar-refractivity contribution in [3.8, 4) is 5.75 Å². The number of hydrogen-bond acceptors (Lipinski definition) is 3. The summed E-state index contributed by atoms with van der Waals surface area (Å²) < 4.78 is 5.67. The number of carbonyl (C=O) groups excluding carboxylic acids is 1. The molecule has 0 spiro atoms. The number of benzene rings is 1. The third kappa shape index (κ3) is 4.75. The zero-order valence-corrected chi connectivity index (χ0v) is 11.4. The summed E-state index contributed by atoms with van der Waals surface area (Å²) in [5.41, 5.74) is 0.298. The average Bonchev–Trinajstić information content (AvgIpc) is 2.27. The molecule has 1 unspecified atom stereocenters. The summed E-state index contributed by atoms with van der Waals surface area (Å²) in [4.78, 5) is 11.7. The summed E-state index contributed by atoms with van der Waals surface area (Å²) in [7, 11) is 0. The maximum atomic E-state index is 11.7. The number of nitrogens with one attached hydrogen (secondary N) is 1. The largest absolute Gasteiger partial charge is 0.488 e. The van der Waals surface area contributed by atoms with Gasteiger partial charge in [-0.15, -0.1) is 0 Å². The van der Waals surface area contributed by atoms with E-state index in [9.17, 15) is 4.79 Å². The summed E-state index contributed by atoms with van der Waals surface area (Å²) in [6.07, 6.45) is 0. The van der Waals surface area contributed by atoms with Crippen LogP contribution in [0.5, 0.6) is 5.75 Å². The van der Waals surface area contributed by atoms with Crippen LogP contribution in [-0.2, 0) is 0 Å². The van der Waals surface area contributed by atoms with E-state index in [4.69, 9.17) is 9.84 Å². The number of carbonyl (C=O) groups is 1. The molecule has 100 valence electrons. The van der Waals surface area contributed by atoms with Gasteiger partial charge in [-0.25, -0.2) is 0 Å². The van der Waals surface area contributed by atoms with Gasteiger partial charge in [0.2, 0.25) is 0 Å². The highest BCUT2D eigenvalue weighted by molar-refractivity contribution is 5.94. The van der Waals surface area contributed by atoms with Crippen LogP contribution in [0.25, 0.3) is 0 Å². The first-order valence-corrected chi connectivity index (χ1v) is 6.02. The lowest BCUT2D eigenvalue weighted by Crippen LogP contribution is -2.34. The normalized spacial score (nSPS) is 12.9. The topological polar surface area (TPSA) is 58.6 Å². The smallest absolute Gasteiger partial charge is 0.251 e. The summed E-state index contributed by atoms with van der Waals surface area (Å²) in [5.74, 6) is 0.535. The number of ether oxygens (including phenoxy) is 1. The molecule has 1 rings (SSSR count). The van der Waals surface area contributed by atoms with E-state index in [0.717, 1.165) is 5.75 Å². The Balaban J connectivity index is 2.68. The highest BCUT2D eigenvalue weighted by Gasteiger charge is 2.13. The van der Waals surface area contributed by atoms with Crippen molar-refractivity contribution in [2.75, 3.05) is 6.61 Å². The van der Waals surface area contributed by atoms with Gasteiger partial charge in [0, 0.05) is 11.6 Å². The first kappa shape index (κ1) is 14.5. The van der Waals surface area contributed by atoms with Crippen LogP contribution < -0.4 is 10.1 Å². The van der Waals surface area contributed by atoms with Gasteiger partial charge in [0.05, 0.1) is 6.61 Å². The maximum Gasteiger partial charge on any atom is 0.251 e. The van der Waals surface area contributed by atoms with Gasteiger partial charge < -0.3 is 15.2 Å². The summed E-state index contributed by atoms with van der Waals surface area (Å²) in [5, 5.41) is 11.6. The number of aliphatic hydroxyl groups excluding tert-OH is 1. The van der Waals surface area contributed by atoms with Crippen molar-refractivity contribution in [1.82, 2.24) is 5.32 Å². The molecule has 1 atom stereocenters. The van der Waals surface area contributed by atoms with Crippen LogP contribution in [0.4, 0.5) is 0 Å². The SMILES string of the molecule is CC(CO)NC(=O)c1ccc(OC(C)(C)C)cc1. The lowest BCUT2D eigenvalue weighted by atomic mass is 10.1. The maximum absolute atomic E-state index is 11.7. The Morgan fingerprint density at radius 3 is 2.33 bits per heavy atom. The Morgan fingerprint density at radius 2 is 1.89 bits per heavy atom. The number of rotatable bonds is 4. The molecule has 1 amide bonds. The van der Waals surface area contributed by atoms with Crippen LogP contribution in [0.15, 0.2) is 24.3 Å². The highest BCUT2D eigenvalue weighted by atomic mass is 16.5. The van der Waals surface area contributed by atoms with Gasteiger partial charge in [-0.05, 0) is 52.0 Å². The molecule has 0 radical (unpaired) electrons. The fourth-order valence-corrected chi connectivity index (χ4v) is 1.38. The zero-order chi connectivity index (χ0) is 13.8. The van der Waals surface area contributed by atoms with Crippen LogP contribution in [0.1, 0.15) is 38.1 Å². The second-order valence-electron chi connectivity index (χ2n) is 5.30. The lowest BCUT2D eigenvalue weighted by Gasteiger charge is -2.21. The molecule has 2 N–H and O–H groups in total.